The number of halogens is 2. The van der Waals surface area contributed by atoms with Crippen molar-refractivity contribution in [3.05, 3.63) is 40.5 Å². The number of nitrogens with zero attached hydrogens (tertiary/aromatic N) is 2. The Kier molecular flexibility index (Phi) is 4.19. The Balaban J connectivity index is 2.12. The smallest absolute Gasteiger partial charge is 0.233 e. The van der Waals surface area contributed by atoms with Gasteiger partial charge >= 0.3 is 0 Å². The molecule has 1 aromatic heterocycles. The fraction of sp³-hybridized carbons (Fsp3) is 0.250. The van der Waals surface area contributed by atoms with Gasteiger partial charge in [-0.15, -0.1) is 5.10 Å². The summed E-state index contributed by atoms with van der Waals surface area (Å²) in [6.45, 7) is -0.610. The number of ether oxygens (including phenoxy) is 2. The van der Waals surface area contributed by atoms with Crippen molar-refractivity contribution in [2.24, 2.45) is 7.05 Å². The summed E-state index contributed by atoms with van der Waals surface area (Å²) in [5.74, 6) is 0.974. The van der Waals surface area contributed by atoms with Gasteiger partial charge in [-0.05, 0) is 12.1 Å². The topological polar surface area (TPSA) is 36.3 Å². The van der Waals surface area contributed by atoms with E-state index in [1.807, 2.05) is 13.1 Å². The van der Waals surface area contributed by atoms with E-state index in [1.165, 1.54) is 0 Å². The highest BCUT2D eigenvalue weighted by molar-refractivity contribution is 9.10. The van der Waals surface area contributed by atoms with Crippen molar-refractivity contribution in [2.75, 3.05) is 6.86 Å². The zero-order chi connectivity index (χ0) is 13.0. The van der Waals surface area contributed by atoms with Crippen LogP contribution in [-0.4, -0.2) is 16.6 Å². The SMILES string of the molecule is Cn1ccc(OCc2c(Br)cccc2OCF)n1. The second-order valence-electron chi connectivity index (χ2n) is 3.59. The van der Waals surface area contributed by atoms with E-state index in [1.54, 1.807) is 29.1 Å². The molecule has 0 N–H and O–H groups in total. The highest BCUT2D eigenvalue weighted by atomic mass is 79.9. The Morgan fingerprint density at radius 2 is 2.17 bits per heavy atom. The molecule has 6 heteroatoms. The third-order valence-electron chi connectivity index (χ3n) is 2.34. The third-order valence-corrected chi connectivity index (χ3v) is 3.08. The molecule has 0 unspecified atom stereocenters. The molecule has 4 nitrogen and oxygen atoms in total. The average molecular weight is 315 g/mol. The van der Waals surface area contributed by atoms with Gasteiger partial charge in [0.25, 0.3) is 0 Å². The summed E-state index contributed by atoms with van der Waals surface area (Å²) in [6, 6.07) is 7.08. The molecule has 1 aromatic carbocycles. The fourth-order valence-electron chi connectivity index (χ4n) is 1.49. The van der Waals surface area contributed by atoms with Crippen molar-refractivity contribution >= 4 is 15.9 Å². The molecular formula is C12H12BrFN2O2. The lowest BCUT2D eigenvalue weighted by Gasteiger charge is -2.11. The monoisotopic (exact) mass is 314 g/mol. The van der Waals surface area contributed by atoms with Crippen molar-refractivity contribution < 1.29 is 13.9 Å². The van der Waals surface area contributed by atoms with Crippen LogP contribution in [0.3, 0.4) is 0 Å². The van der Waals surface area contributed by atoms with Gasteiger partial charge in [-0.2, -0.15) is 0 Å². The summed E-state index contributed by atoms with van der Waals surface area (Å²) in [4.78, 5) is 0. The first-order valence-electron chi connectivity index (χ1n) is 5.29. The molecule has 2 aromatic rings. The van der Waals surface area contributed by atoms with Gasteiger partial charge < -0.3 is 9.47 Å². The van der Waals surface area contributed by atoms with Crippen LogP contribution >= 0.6 is 15.9 Å². The van der Waals surface area contributed by atoms with Crippen molar-refractivity contribution in [1.82, 2.24) is 9.78 Å². The number of aryl methyl sites for hydroxylation is 1. The molecule has 0 amide bonds. The zero-order valence-electron chi connectivity index (χ0n) is 9.77. The van der Waals surface area contributed by atoms with Crippen molar-refractivity contribution in [3.8, 4) is 11.6 Å². The van der Waals surface area contributed by atoms with Crippen LogP contribution in [0.4, 0.5) is 4.39 Å². The van der Waals surface area contributed by atoms with Crippen LogP contribution < -0.4 is 9.47 Å². The molecule has 18 heavy (non-hydrogen) atoms. The van der Waals surface area contributed by atoms with E-state index in [0.29, 0.717) is 11.6 Å². The van der Waals surface area contributed by atoms with Crippen molar-refractivity contribution in [3.63, 3.8) is 0 Å². The zero-order valence-corrected chi connectivity index (χ0v) is 11.4. The van der Waals surface area contributed by atoms with E-state index >= 15 is 0 Å². The van der Waals surface area contributed by atoms with Crippen molar-refractivity contribution in [1.29, 1.82) is 0 Å². The molecule has 0 fully saturated rings. The normalized spacial score (nSPS) is 10.4. The Morgan fingerprint density at radius 1 is 1.33 bits per heavy atom. The minimum Gasteiger partial charge on any atom is -0.472 e. The molecule has 1 heterocycles. The summed E-state index contributed by atoms with van der Waals surface area (Å²) >= 11 is 3.39. The standard InChI is InChI=1S/C12H12BrFN2O2/c1-16-6-5-12(15-16)17-7-9-10(13)3-2-4-11(9)18-8-14/h2-6H,7-8H2,1H3. The first-order valence-corrected chi connectivity index (χ1v) is 6.08. The van der Waals surface area contributed by atoms with Gasteiger partial charge in [0, 0.05) is 29.3 Å². The first kappa shape index (κ1) is 12.9. The second kappa shape index (κ2) is 5.86. The van der Waals surface area contributed by atoms with Crippen LogP contribution in [-0.2, 0) is 13.7 Å². The summed E-state index contributed by atoms with van der Waals surface area (Å²) < 4.78 is 25.1. The second-order valence-corrected chi connectivity index (χ2v) is 4.44. The van der Waals surface area contributed by atoms with E-state index in [9.17, 15) is 4.39 Å². The predicted octanol–water partition coefficient (Wildman–Crippen LogP) is 3.07. The molecule has 2 rings (SSSR count). The van der Waals surface area contributed by atoms with E-state index in [0.717, 1.165) is 10.0 Å². The molecule has 0 saturated heterocycles. The average Bonchev–Trinajstić information content (AvgIpc) is 2.75. The van der Waals surface area contributed by atoms with Crippen molar-refractivity contribution in [2.45, 2.75) is 6.61 Å². The molecule has 0 atom stereocenters. The predicted molar refractivity (Wildman–Crippen MR) is 68.3 cm³/mol. The minimum absolute atomic E-state index is 0.258. The number of hydrogen-bond acceptors (Lipinski definition) is 3. The summed E-state index contributed by atoms with van der Waals surface area (Å²) in [6.07, 6.45) is 1.79. The fourth-order valence-corrected chi connectivity index (χ4v) is 1.95. The van der Waals surface area contributed by atoms with Crippen LogP contribution in [0, 0.1) is 0 Å². The Bertz CT molecular complexity index is 531. The summed E-state index contributed by atoms with van der Waals surface area (Å²) in [7, 11) is 1.81. The lowest BCUT2D eigenvalue weighted by molar-refractivity contribution is 0.185. The Labute approximate surface area is 112 Å². The number of benzene rings is 1. The van der Waals surface area contributed by atoms with Gasteiger partial charge in [0.2, 0.25) is 12.7 Å². The summed E-state index contributed by atoms with van der Waals surface area (Å²) in [5.41, 5.74) is 0.751. The van der Waals surface area contributed by atoms with Gasteiger partial charge in [0.05, 0.1) is 0 Å². The Morgan fingerprint density at radius 3 is 2.83 bits per heavy atom. The molecule has 0 saturated carbocycles. The van der Waals surface area contributed by atoms with Crippen LogP contribution in [0.15, 0.2) is 34.9 Å². The van der Waals surface area contributed by atoms with Gasteiger partial charge in [0.1, 0.15) is 12.4 Å². The maximum Gasteiger partial charge on any atom is 0.233 e. The first-order chi connectivity index (χ1) is 8.70. The largest absolute Gasteiger partial charge is 0.472 e. The lowest BCUT2D eigenvalue weighted by atomic mass is 10.2. The number of aromatic nitrogens is 2. The molecule has 0 aliphatic heterocycles. The minimum atomic E-state index is -0.868. The number of hydrogen-bond donors (Lipinski definition) is 0. The van der Waals surface area contributed by atoms with Gasteiger partial charge in [-0.3, -0.25) is 4.68 Å². The van der Waals surface area contributed by atoms with E-state index < -0.39 is 6.86 Å². The van der Waals surface area contributed by atoms with E-state index in [-0.39, 0.29) is 6.61 Å². The van der Waals surface area contributed by atoms with Crippen LogP contribution in [0.25, 0.3) is 0 Å². The summed E-state index contributed by atoms with van der Waals surface area (Å²) in [5, 5.41) is 4.10. The molecule has 0 radical (unpaired) electrons. The highest BCUT2D eigenvalue weighted by Gasteiger charge is 2.09. The Hall–Kier alpha value is -1.56. The molecule has 96 valence electrons. The molecule has 0 aliphatic rings. The van der Waals surface area contributed by atoms with Gasteiger partial charge in [-0.1, -0.05) is 22.0 Å². The maximum absolute atomic E-state index is 12.3. The van der Waals surface area contributed by atoms with Crippen LogP contribution in [0.2, 0.25) is 0 Å². The van der Waals surface area contributed by atoms with Gasteiger partial charge in [0.15, 0.2) is 0 Å². The molecule has 0 aliphatic carbocycles. The highest BCUT2D eigenvalue weighted by Crippen LogP contribution is 2.28. The number of rotatable bonds is 5. The van der Waals surface area contributed by atoms with E-state index in [4.69, 9.17) is 9.47 Å². The number of alkyl halides is 1. The molecular weight excluding hydrogens is 303 g/mol. The lowest BCUT2D eigenvalue weighted by Crippen LogP contribution is -2.02. The molecule has 0 spiro atoms. The van der Waals surface area contributed by atoms with Crippen LogP contribution in [0.1, 0.15) is 5.56 Å². The van der Waals surface area contributed by atoms with Crippen LogP contribution in [0.5, 0.6) is 11.6 Å². The molecule has 0 bridgehead atoms. The van der Waals surface area contributed by atoms with Gasteiger partial charge in [-0.25, -0.2) is 4.39 Å². The third kappa shape index (κ3) is 3.01. The maximum atomic E-state index is 12.3. The quantitative estimate of drug-likeness (QED) is 0.851. The van der Waals surface area contributed by atoms with E-state index in [2.05, 4.69) is 21.0 Å².